The second-order valence-electron chi connectivity index (χ2n) is 6.56. The average Bonchev–Trinajstić information content (AvgIpc) is 3.22. The topological polar surface area (TPSA) is 70.2 Å². The summed E-state index contributed by atoms with van der Waals surface area (Å²) in [7, 11) is 1.80. The first kappa shape index (κ1) is 16.5. The van der Waals surface area contributed by atoms with Gasteiger partial charge in [-0.15, -0.1) is 0 Å². The van der Waals surface area contributed by atoms with Crippen molar-refractivity contribution in [2.24, 2.45) is 0 Å². The van der Waals surface area contributed by atoms with Crippen molar-refractivity contribution in [3.63, 3.8) is 0 Å². The minimum absolute atomic E-state index is 0.109. The Balaban J connectivity index is 1.52. The van der Waals surface area contributed by atoms with Gasteiger partial charge in [-0.2, -0.15) is 5.10 Å². The summed E-state index contributed by atoms with van der Waals surface area (Å²) >= 11 is 0. The number of carbonyl (C=O) groups excluding carboxylic acids is 1. The van der Waals surface area contributed by atoms with Crippen LogP contribution in [0.2, 0.25) is 0 Å². The Morgan fingerprint density at radius 1 is 1.42 bits per heavy atom. The maximum absolute atomic E-state index is 12.2. The van der Waals surface area contributed by atoms with E-state index in [2.05, 4.69) is 22.4 Å². The zero-order chi connectivity index (χ0) is 17.0. The van der Waals surface area contributed by atoms with E-state index in [1.54, 1.807) is 11.9 Å². The highest BCUT2D eigenvalue weighted by molar-refractivity contribution is 5.74. The Bertz CT molecular complexity index is 677. The fourth-order valence-corrected chi connectivity index (χ4v) is 3.05. The molecule has 1 aromatic carbocycles. The van der Waals surface area contributed by atoms with Gasteiger partial charge in [0.15, 0.2) is 0 Å². The van der Waals surface area contributed by atoms with E-state index in [0.717, 1.165) is 36.4 Å². The standard InChI is InChI=1S/C18H24N4O2/c1-18(9-6-10-24-18)13-22(2)17(23)19-12-15-11-16(21-20-15)14-7-4-3-5-8-14/h3-5,7-8,11H,6,9-10,12-13H2,1-2H3,(H,19,23)(H,20,21). The molecule has 0 saturated carbocycles. The van der Waals surface area contributed by atoms with Crippen molar-refractivity contribution in [2.75, 3.05) is 20.2 Å². The second kappa shape index (κ2) is 7.05. The maximum Gasteiger partial charge on any atom is 0.317 e. The molecule has 0 bridgehead atoms. The number of hydrogen-bond acceptors (Lipinski definition) is 3. The largest absolute Gasteiger partial charge is 0.373 e. The van der Waals surface area contributed by atoms with E-state index in [-0.39, 0.29) is 11.6 Å². The summed E-state index contributed by atoms with van der Waals surface area (Å²) < 4.78 is 5.74. The van der Waals surface area contributed by atoms with Gasteiger partial charge in [-0.1, -0.05) is 30.3 Å². The quantitative estimate of drug-likeness (QED) is 0.886. The molecule has 3 rings (SSSR count). The smallest absolute Gasteiger partial charge is 0.317 e. The van der Waals surface area contributed by atoms with Crippen molar-refractivity contribution in [3.05, 3.63) is 42.1 Å². The molecule has 1 unspecified atom stereocenters. The van der Waals surface area contributed by atoms with Crippen LogP contribution in [-0.4, -0.2) is 46.9 Å². The number of benzene rings is 1. The molecule has 24 heavy (non-hydrogen) atoms. The molecule has 1 fully saturated rings. The third-order valence-corrected chi connectivity index (χ3v) is 4.35. The van der Waals surface area contributed by atoms with Gasteiger partial charge in [0.05, 0.1) is 30.1 Å². The Hall–Kier alpha value is -2.34. The van der Waals surface area contributed by atoms with Gasteiger partial charge in [0, 0.05) is 19.2 Å². The number of amides is 2. The van der Waals surface area contributed by atoms with Gasteiger partial charge in [0.2, 0.25) is 0 Å². The van der Waals surface area contributed by atoms with Crippen LogP contribution in [0.15, 0.2) is 36.4 Å². The summed E-state index contributed by atoms with van der Waals surface area (Å²) in [6.07, 6.45) is 2.05. The highest BCUT2D eigenvalue weighted by Gasteiger charge is 2.32. The van der Waals surface area contributed by atoms with Crippen LogP contribution < -0.4 is 5.32 Å². The summed E-state index contributed by atoms with van der Waals surface area (Å²) in [6, 6.07) is 11.8. The van der Waals surface area contributed by atoms with Gasteiger partial charge in [0.25, 0.3) is 0 Å². The molecule has 1 saturated heterocycles. The molecule has 0 radical (unpaired) electrons. The normalized spacial score (nSPS) is 20.1. The molecule has 2 heterocycles. The Labute approximate surface area is 142 Å². The minimum Gasteiger partial charge on any atom is -0.373 e. The predicted octanol–water partition coefficient (Wildman–Crippen LogP) is 2.79. The molecule has 1 aliphatic rings. The summed E-state index contributed by atoms with van der Waals surface area (Å²) in [5.74, 6) is 0. The van der Waals surface area contributed by atoms with Crippen LogP contribution in [-0.2, 0) is 11.3 Å². The number of carbonyl (C=O) groups is 1. The molecule has 1 aliphatic heterocycles. The van der Waals surface area contributed by atoms with Crippen molar-refractivity contribution in [1.82, 2.24) is 20.4 Å². The van der Waals surface area contributed by atoms with E-state index in [1.165, 1.54) is 0 Å². The number of likely N-dealkylation sites (N-methyl/N-ethyl adjacent to an activating group) is 1. The van der Waals surface area contributed by atoms with Crippen LogP contribution in [0, 0.1) is 0 Å². The monoisotopic (exact) mass is 328 g/mol. The zero-order valence-electron chi connectivity index (χ0n) is 14.2. The molecule has 128 valence electrons. The van der Waals surface area contributed by atoms with E-state index in [1.807, 2.05) is 36.4 Å². The number of urea groups is 1. The van der Waals surface area contributed by atoms with Gasteiger partial charge in [0.1, 0.15) is 0 Å². The fourth-order valence-electron chi connectivity index (χ4n) is 3.05. The van der Waals surface area contributed by atoms with Crippen molar-refractivity contribution in [1.29, 1.82) is 0 Å². The molecule has 1 atom stereocenters. The molecule has 6 heteroatoms. The van der Waals surface area contributed by atoms with Crippen LogP contribution in [0.4, 0.5) is 4.79 Å². The summed E-state index contributed by atoms with van der Waals surface area (Å²) in [6.45, 7) is 3.85. The SMILES string of the molecule is CN(CC1(C)CCCO1)C(=O)NCc1cc(-c2ccccc2)n[nH]1. The van der Waals surface area contributed by atoms with E-state index in [9.17, 15) is 4.79 Å². The number of nitrogens with zero attached hydrogens (tertiary/aromatic N) is 2. The van der Waals surface area contributed by atoms with Crippen LogP contribution in [0.5, 0.6) is 0 Å². The van der Waals surface area contributed by atoms with Gasteiger partial charge in [-0.25, -0.2) is 4.79 Å². The molecule has 6 nitrogen and oxygen atoms in total. The van der Waals surface area contributed by atoms with Crippen LogP contribution in [0.1, 0.15) is 25.5 Å². The van der Waals surface area contributed by atoms with Gasteiger partial charge >= 0.3 is 6.03 Å². The molecule has 2 amide bonds. The van der Waals surface area contributed by atoms with Crippen LogP contribution in [0.3, 0.4) is 0 Å². The molecule has 2 N–H and O–H groups in total. The third-order valence-electron chi connectivity index (χ3n) is 4.35. The molecular formula is C18H24N4O2. The van der Waals surface area contributed by atoms with E-state index in [0.29, 0.717) is 13.1 Å². The van der Waals surface area contributed by atoms with Gasteiger partial charge in [-0.3, -0.25) is 5.10 Å². The van der Waals surface area contributed by atoms with Crippen molar-refractivity contribution in [2.45, 2.75) is 31.9 Å². The second-order valence-corrected chi connectivity index (χ2v) is 6.56. The first-order valence-corrected chi connectivity index (χ1v) is 8.28. The van der Waals surface area contributed by atoms with Crippen molar-refractivity contribution < 1.29 is 9.53 Å². The highest BCUT2D eigenvalue weighted by Crippen LogP contribution is 2.25. The summed E-state index contributed by atoms with van der Waals surface area (Å²) in [4.78, 5) is 13.9. The average molecular weight is 328 g/mol. The number of nitrogens with one attached hydrogen (secondary N) is 2. The van der Waals surface area contributed by atoms with E-state index in [4.69, 9.17) is 4.74 Å². The van der Waals surface area contributed by atoms with Crippen LogP contribution >= 0.6 is 0 Å². The first-order chi connectivity index (χ1) is 11.6. The minimum atomic E-state index is -0.222. The lowest BCUT2D eigenvalue weighted by Gasteiger charge is -2.29. The lowest BCUT2D eigenvalue weighted by atomic mass is 10.0. The number of ether oxygens (including phenoxy) is 1. The number of aromatic amines is 1. The maximum atomic E-state index is 12.2. The number of rotatable bonds is 5. The van der Waals surface area contributed by atoms with E-state index < -0.39 is 0 Å². The molecule has 2 aromatic rings. The van der Waals surface area contributed by atoms with Gasteiger partial charge < -0.3 is 15.0 Å². The first-order valence-electron chi connectivity index (χ1n) is 8.28. The summed E-state index contributed by atoms with van der Waals surface area (Å²) in [5.41, 5.74) is 2.58. The fraction of sp³-hybridized carbons (Fsp3) is 0.444. The summed E-state index contributed by atoms with van der Waals surface area (Å²) in [5, 5.41) is 10.2. The lowest BCUT2D eigenvalue weighted by Crippen LogP contribution is -2.45. The number of H-pyrrole nitrogens is 1. The lowest BCUT2D eigenvalue weighted by molar-refractivity contribution is 0.00338. The third kappa shape index (κ3) is 3.94. The van der Waals surface area contributed by atoms with Crippen molar-refractivity contribution >= 4 is 6.03 Å². The number of hydrogen-bond donors (Lipinski definition) is 2. The highest BCUT2D eigenvalue weighted by atomic mass is 16.5. The Morgan fingerprint density at radius 2 is 2.21 bits per heavy atom. The molecular weight excluding hydrogens is 304 g/mol. The molecule has 0 spiro atoms. The predicted molar refractivity (Wildman–Crippen MR) is 92.5 cm³/mol. The van der Waals surface area contributed by atoms with Crippen molar-refractivity contribution in [3.8, 4) is 11.3 Å². The number of aromatic nitrogens is 2. The van der Waals surface area contributed by atoms with Gasteiger partial charge in [-0.05, 0) is 25.8 Å². The molecule has 1 aromatic heterocycles. The Morgan fingerprint density at radius 3 is 2.92 bits per heavy atom. The van der Waals surface area contributed by atoms with Crippen LogP contribution in [0.25, 0.3) is 11.3 Å². The zero-order valence-corrected chi connectivity index (χ0v) is 14.2. The van der Waals surface area contributed by atoms with E-state index >= 15 is 0 Å². The Kier molecular flexibility index (Phi) is 4.85. The molecule has 0 aliphatic carbocycles.